The lowest BCUT2D eigenvalue weighted by molar-refractivity contribution is -0.126. The van der Waals surface area contributed by atoms with Crippen LogP contribution in [0.3, 0.4) is 0 Å². The van der Waals surface area contributed by atoms with Crippen molar-refractivity contribution in [2.24, 2.45) is 5.73 Å². The van der Waals surface area contributed by atoms with Gasteiger partial charge in [-0.1, -0.05) is 49.9 Å². The lowest BCUT2D eigenvalue weighted by Crippen LogP contribution is -2.51. The van der Waals surface area contributed by atoms with Crippen LogP contribution in [0, 0.1) is 0 Å². The second-order valence-electron chi connectivity index (χ2n) is 9.31. The Kier molecular flexibility index (Phi) is 9.43. The van der Waals surface area contributed by atoms with Crippen molar-refractivity contribution in [3.8, 4) is 11.5 Å². The molecule has 0 spiro atoms. The number of aromatic nitrogens is 3. The van der Waals surface area contributed by atoms with E-state index in [-0.39, 0.29) is 26.5 Å². The van der Waals surface area contributed by atoms with Gasteiger partial charge < -0.3 is 29.8 Å². The van der Waals surface area contributed by atoms with Crippen LogP contribution in [-0.4, -0.2) is 57.5 Å². The van der Waals surface area contributed by atoms with E-state index in [1.54, 1.807) is 43.0 Å². The van der Waals surface area contributed by atoms with E-state index in [9.17, 15) is 9.59 Å². The number of para-hydroxylation sites is 2. The van der Waals surface area contributed by atoms with Crippen LogP contribution >= 0.6 is 0 Å². The molecule has 4 rings (SSSR count). The van der Waals surface area contributed by atoms with Gasteiger partial charge in [-0.3, -0.25) is 9.69 Å². The molecule has 0 aliphatic carbocycles. The molecule has 3 N–H and O–H groups in total. The smallest absolute Gasteiger partial charge is 0.415 e. The first-order valence-electron chi connectivity index (χ1n) is 12.0. The zero-order chi connectivity index (χ0) is 26.4. The van der Waals surface area contributed by atoms with Gasteiger partial charge >= 0.3 is 6.09 Å². The van der Waals surface area contributed by atoms with Gasteiger partial charge in [-0.15, -0.1) is 10.2 Å². The Balaban J connectivity index is 0.00000400. The molecule has 3 aromatic rings. The average Bonchev–Trinajstić information content (AvgIpc) is 3.31. The van der Waals surface area contributed by atoms with Gasteiger partial charge in [-0.2, -0.15) is 0 Å². The van der Waals surface area contributed by atoms with Crippen molar-refractivity contribution in [3.63, 3.8) is 0 Å². The van der Waals surface area contributed by atoms with Crippen LogP contribution < -0.4 is 20.5 Å². The van der Waals surface area contributed by atoms with Crippen LogP contribution in [0.2, 0.25) is 0 Å². The van der Waals surface area contributed by atoms with Crippen molar-refractivity contribution < 1.29 is 23.8 Å². The molecular weight excluding hydrogens is 488 g/mol. The molecular formula is C27H36N6O5. The van der Waals surface area contributed by atoms with Crippen molar-refractivity contribution in [1.29, 1.82) is 0 Å². The molecule has 1 aliphatic heterocycles. The maximum absolute atomic E-state index is 12.8. The third-order valence-corrected chi connectivity index (χ3v) is 5.90. The minimum absolute atomic E-state index is 0. The fourth-order valence-electron chi connectivity index (χ4n) is 3.85. The summed E-state index contributed by atoms with van der Waals surface area (Å²) in [5.41, 5.74) is 5.94. The van der Waals surface area contributed by atoms with Gasteiger partial charge in [0.05, 0.1) is 32.4 Å². The SMILES string of the molecule is C.COc1ccccc1OC(=O)N1CCn2c(nnc2[C@@H](COCc2ccccc2)NC(=O)C(C)(C)N)C1. The second kappa shape index (κ2) is 12.5. The number of nitrogens with one attached hydrogen (secondary N) is 1. The molecule has 1 aromatic heterocycles. The van der Waals surface area contributed by atoms with Crippen molar-refractivity contribution in [3.05, 3.63) is 71.8 Å². The topological polar surface area (TPSA) is 134 Å². The number of fused-ring (bicyclic) bond motifs is 1. The second-order valence-corrected chi connectivity index (χ2v) is 9.31. The van der Waals surface area contributed by atoms with Crippen LogP contribution in [0.1, 0.15) is 44.5 Å². The van der Waals surface area contributed by atoms with E-state index in [0.717, 1.165) is 5.56 Å². The van der Waals surface area contributed by atoms with Crippen molar-refractivity contribution in [2.75, 3.05) is 20.3 Å². The third kappa shape index (κ3) is 6.87. The Bertz CT molecular complexity index is 1220. The van der Waals surface area contributed by atoms with Gasteiger partial charge in [0.2, 0.25) is 5.91 Å². The molecule has 204 valence electrons. The number of ether oxygens (including phenoxy) is 3. The molecule has 11 nitrogen and oxygen atoms in total. The maximum Gasteiger partial charge on any atom is 0.415 e. The molecule has 38 heavy (non-hydrogen) atoms. The van der Waals surface area contributed by atoms with Gasteiger partial charge in [-0.25, -0.2) is 4.79 Å². The summed E-state index contributed by atoms with van der Waals surface area (Å²) in [5.74, 6) is 1.59. The van der Waals surface area contributed by atoms with E-state index in [0.29, 0.717) is 42.8 Å². The van der Waals surface area contributed by atoms with E-state index in [1.807, 2.05) is 34.9 Å². The van der Waals surface area contributed by atoms with E-state index < -0.39 is 17.7 Å². The number of hydrogen-bond acceptors (Lipinski definition) is 8. The number of nitrogens with two attached hydrogens (primary N) is 1. The van der Waals surface area contributed by atoms with Crippen LogP contribution in [-0.2, 0) is 29.2 Å². The summed E-state index contributed by atoms with van der Waals surface area (Å²) in [6.07, 6.45) is -0.513. The number of amides is 2. The van der Waals surface area contributed by atoms with Gasteiger partial charge in [0.1, 0.15) is 6.04 Å². The first kappa shape index (κ1) is 28.6. The number of benzene rings is 2. The molecule has 0 saturated carbocycles. The summed E-state index contributed by atoms with van der Waals surface area (Å²) < 4.78 is 18.6. The van der Waals surface area contributed by atoms with E-state index in [1.165, 1.54) is 7.11 Å². The molecule has 1 aliphatic rings. The van der Waals surface area contributed by atoms with Crippen molar-refractivity contribution >= 4 is 12.0 Å². The first-order chi connectivity index (χ1) is 17.8. The van der Waals surface area contributed by atoms with E-state index in [2.05, 4.69) is 15.5 Å². The number of nitrogens with zero attached hydrogens (tertiary/aromatic N) is 4. The molecule has 0 fully saturated rings. The first-order valence-corrected chi connectivity index (χ1v) is 12.0. The van der Waals surface area contributed by atoms with Crippen LogP contribution in [0.4, 0.5) is 4.79 Å². The highest BCUT2D eigenvalue weighted by Gasteiger charge is 2.32. The lowest BCUT2D eigenvalue weighted by Gasteiger charge is -2.29. The molecule has 2 amide bonds. The summed E-state index contributed by atoms with van der Waals surface area (Å²) in [5, 5.41) is 11.6. The number of hydrogen-bond donors (Lipinski definition) is 2. The van der Waals surface area contributed by atoms with Crippen LogP contribution in [0.25, 0.3) is 0 Å². The summed E-state index contributed by atoms with van der Waals surface area (Å²) in [7, 11) is 1.52. The quantitative estimate of drug-likeness (QED) is 0.436. The average molecular weight is 525 g/mol. The normalized spacial score (nSPS) is 13.6. The summed E-state index contributed by atoms with van der Waals surface area (Å²) in [4.78, 5) is 27.1. The van der Waals surface area contributed by atoms with Gasteiger partial charge in [-0.05, 0) is 31.5 Å². The van der Waals surface area contributed by atoms with Crippen molar-refractivity contribution in [1.82, 2.24) is 25.0 Å². The van der Waals surface area contributed by atoms with Gasteiger partial charge in [0, 0.05) is 13.1 Å². The largest absolute Gasteiger partial charge is 0.493 e. The van der Waals surface area contributed by atoms with Gasteiger partial charge in [0.15, 0.2) is 23.1 Å². The highest BCUT2D eigenvalue weighted by molar-refractivity contribution is 5.85. The van der Waals surface area contributed by atoms with E-state index >= 15 is 0 Å². The van der Waals surface area contributed by atoms with E-state index in [4.69, 9.17) is 19.9 Å². The molecule has 0 unspecified atom stereocenters. The number of carbonyl (C=O) groups excluding carboxylic acids is 2. The molecule has 11 heteroatoms. The Morgan fingerprint density at radius 2 is 1.74 bits per heavy atom. The van der Waals surface area contributed by atoms with Crippen molar-refractivity contribution in [2.45, 2.75) is 52.6 Å². The number of methoxy groups -OCH3 is 1. The Morgan fingerprint density at radius 3 is 2.42 bits per heavy atom. The highest BCUT2D eigenvalue weighted by Crippen LogP contribution is 2.27. The number of carbonyl (C=O) groups is 2. The summed E-state index contributed by atoms with van der Waals surface area (Å²) >= 11 is 0. The Hall–Kier alpha value is -3.96. The lowest BCUT2D eigenvalue weighted by atomic mass is 10.1. The fraction of sp³-hybridized carbons (Fsp3) is 0.407. The minimum atomic E-state index is -1.08. The molecule has 0 saturated heterocycles. The monoisotopic (exact) mass is 524 g/mol. The fourth-order valence-corrected chi connectivity index (χ4v) is 3.85. The third-order valence-electron chi connectivity index (χ3n) is 5.90. The molecule has 2 heterocycles. The maximum atomic E-state index is 12.8. The van der Waals surface area contributed by atoms with Gasteiger partial charge in [0.25, 0.3) is 0 Å². The molecule has 0 bridgehead atoms. The summed E-state index contributed by atoms with van der Waals surface area (Å²) in [6, 6.07) is 16.1. The molecule has 1 atom stereocenters. The standard InChI is InChI=1S/C26H32N6O5.CH4/c1-26(2,27)24(33)28-19(17-36-16-18-9-5-4-6-10-18)23-30-29-22-15-31(13-14-32(22)23)25(34)37-21-12-8-7-11-20(21)35-3;/h4-12,19H,13-17,27H2,1-3H3,(H,28,33);1H4/t19-;/m1./s1. The number of rotatable bonds is 9. The molecule has 2 aromatic carbocycles. The zero-order valence-electron chi connectivity index (χ0n) is 21.2. The van der Waals surface area contributed by atoms with Crippen LogP contribution in [0.15, 0.2) is 54.6 Å². The minimum Gasteiger partial charge on any atom is -0.493 e. The Morgan fingerprint density at radius 1 is 1.05 bits per heavy atom. The summed E-state index contributed by atoms with van der Waals surface area (Å²) in [6.45, 7) is 4.82. The molecule has 0 radical (unpaired) electrons. The Labute approximate surface area is 222 Å². The predicted molar refractivity (Wildman–Crippen MR) is 141 cm³/mol. The van der Waals surface area contributed by atoms with Crippen LogP contribution in [0.5, 0.6) is 11.5 Å². The highest BCUT2D eigenvalue weighted by atomic mass is 16.6. The predicted octanol–water partition coefficient (Wildman–Crippen LogP) is 3.05. The zero-order valence-corrected chi connectivity index (χ0v) is 21.2.